The van der Waals surface area contributed by atoms with Crippen molar-refractivity contribution in [2.24, 2.45) is 5.92 Å². The van der Waals surface area contributed by atoms with E-state index in [0.717, 1.165) is 10.6 Å². The number of nitrogens with zero attached hydrogens (tertiary/aromatic N) is 2. The topological polar surface area (TPSA) is 154 Å². The highest BCUT2D eigenvalue weighted by Gasteiger charge is 2.44. The average molecular weight is 528 g/mol. The number of benzene rings is 1. The van der Waals surface area contributed by atoms with Crippen LogP contribution in [0.5, 0.6) is 0 Å². The molecule has 3 aliphatic rings. The minimum Gasteiger partial charge on any atom is -0.444 e. The first-order valence-corrected chi connectivity index (χ1v) is 12.8. The number of piperidine rings is 2. The molecule has 3 heterocycles. The van der Waals surface area contributed by atoms with Crippen molar-refractivity contribution in [2.75, 3.05) is 31.1 Å². The van der Waals surface area contributed by atoms with Crippen LogP contribution in [0.3, 0.4) is 0 Å². The molecule has 204 valence electrons. The van der Waals surface area contributed by atoms with Gasteiger partial charge < -0.3 is 20.3 Å². The van der Waals surface area contributed by atoms with Crippen LogP contribution in [0.25, 0.3) is 0 Å². The molecular formula is C26H33N5O7. The summed E-state index contributed by atoms with van der Waals surface area (Å²) < 4.78 is 5.16. The second kappa shape index (κ2) is 10.8. The Kier molecular flexibility index (Phi) is 7.70. The number of fused-ring (bicyclic) bond motifs is 1. The molecule has 2 saturated heterocycles. The normalized spacial score (nSPS) is 20.2. The molecule has 1 unspecified atom stereocenters. The van der Waals surface area contributed by atoms with Crippen LogP contribution in [0.15, 0.2) is 18.2 Å². The summed E-state index contributed by atoms with van der Waals surface area (Å²) in [5.74, 6) is -2.39. The fourth-order valence-corrected chi connectivity index (χ4v) is 4.86. The number of nitrogens with one attached hydrogen (secondary N) is 3. The van der Waals surface area contributed by atoms with Crippen molar-refractivity contribution in [3.63, 3.8) is 0 Å². The smallest absolute Gasteiger partial charge is 0.407 e. The molecule has 1 atom stereocenters. The first-order valence-electron chi connectivity index (χ1n) is 12.8. The molecule has 3 N–H and O–H groups in total. The minimum absolute atomic E-state index is 0.0673. The van der Waals surface area contributed by atoms with Crippen molar-refractivity contribution < 1.29 is 33.5 Å². The molecule has 0 bridgehead atoms. The van der Waals surface area contributed by atoms with Crippen LogP contribution in [0.1, 0.15) is 67.2 Å². The standard InChI is InChI=1S/C26H33N5O7/c1-26(2,3)38-25(37)28-11-10-27-21(33)15-8-12-30(13-9-15)16-4-5-17-18(14-16)24(36)31(23(17)35)19-6-7-20(32)29-22(19)34/h4-5,14-15,19H,6-13H2,1-3H3,(H,27,33)(H,28,37)(H,29,32,34). The molecule has 0 spiro atoms. The molecule has 0 aromatic heterocycles. The van der Waals surface area contributed by atoms with Crippen molar-refractivity contribution in [3.8, 4) is 0 Å². The van der Waals surface area contributed by atoms with E-state index < -0.39 is 41.4 Å². The predicted octanol–water partition coefficient (Wildman–Crippen LogP) is 0.945. The molecule has 3 aliphatic heterocycles. The van der Waals surface area contributed by atoms with Crippen LogP contribution in [0.4, 0.5) is 10.5 Å². The highest BCUT2D eigenvalue weighted by atomic mass is 16.6. The van der Waals surface area contributed by atoms with Crippen LogP contribution >= 0.6 is 0 Å². The van der Waals surface area contributed by atoms with Crippen molar-refractivity contribution in [1.29, 1.82) is 0 Å². The Hall–Kier alpha value is -3.96. The van der Waals surface area contributed by atoms with Gasteiger partial charge >= 0.3 is 6.09 Å². The van der Waals surface area contributed by atoms with Gasteiger partial charge in [0.15, 0.2) is 0 Å². The van der Waals surface area contributed by atoms with Gasteiger partial charge in [0.05, 0.1) is 11.1 Å². The molecule has 2 fully saturated rings. The largest absolute Gasteiger partial charge is 0.444 e. The SMILES string of the molecule is CC(C)(C)OC(=O)NCCNC(=O)C1CCN(c2ccc3c(c2)C(=O)N(C2CCC(=O)NC2=O)C3=O)CC1. The van der Waals surface area contributed by atoms with Crippen LogP contribution in [-0.2, 0) is 19.1 Å². The van der Waals surface area contributed by atoms with E-state index in [1.165, 1.54) is 0 Å². The summed E-state index contributed by atoms with van der Waals surface area (Å²) in [7, 11) is 0. The van der Waals surface area contributed by atoms with Crippen LogP contribution in [0, 0.1) is 5.92 Å². The zero-order valence-electron chi connectivity index (χ0n) is 21.8. The maximum absolute atomic E-state index is 13.1. The number of carbonyl (C=O) groups is 6. The average Bonchev–Trinajstić information content (AvgIpc) is 3.10. The third-order valence-corrected chi connectivity index (χ3v) is 6.75. The fourth-order valence-electron chi connectivity index (χ4n) is 4.86. The third-order valence-electron chi connectivity index (χ3n) is 6.75. The van der Waals surface area contributed by atoms with Gasteiger partial charge in [-0.2, -0.15) is 0 Å². The van der Waals surface area contributed by atoms with E-state index in [2.05, 4.69) is 20.9 Å². The van der Waals surface area contributed by atoms with Gasteiger partial charge in [0.25, 0.3) is 11.8 Å². The summed E-state index contributed by atoms with van der Waals surface area (Å²) in [4.78, 5) is 76.9. The van der Waals surface area contributed by atoms with E-state index >= 15 is 0 Å². The lowest BCUT2D eigenvalue weighted by atomic mass is 9.95. The summed E-state index contributed by atoms with van der Waals surface area (Å²) >= 11 is 0. The first kappa shape index (κ1) is 27.1. The number of amides is 6. The van der Waals surface area contributed by atoms with Crippen molar-refractivity contribution in [1.82, 2.24) is 20.9 Å². The second-order valence-corrected chi connectivity index (χ2v) is 10.7. The third kappa shape index (κ3) is 5.95. The summed E-state index contributed by atoms with van der Waals surface area (Å²) in [5, 5.41) is 7.64. The number of hydrogen-bond acceptors (Lipinski definition) is 8. The first-order chi connectivity index (χ1) is 17.9. The van der Waals surface area contributed by atoms with Gasteiger partial charge in [-0.1, -0.05) is 0 Å². The Morgan fingerprint density at radius 3 is 2.29 bits per heavy atom. The lowest BCUT2D eigenvalue weighted by Crippen LogP contribution is -2.54. The zero-order chi connectivity index (χ0) is 27.6. The van der Waals surface area contributed by atoms with Crippen molar-refractivity contribution in [3.05, 3.63) is 29.3 Å². The number of alkyl carbamates (subject to hydrolysis) is 1. The molecule has 12 heteroatoms. The molecule has 4 rings (SSSR count). The number of ether oxygens (including phenoxy) is 1. The summed E-state index contributed by atoms with van der Waals surface area (Å²) in [6, 6.07) is 4.01. The Labute approximate surface area is 220 Å². The maximum Gasteiger partial charge on any atom is 0.407 e. The van der Waals surface area contributed by atoms with Gasteiger partial charge in [0.2, 0.25) is 17.7 Å². The van der Waals surface area contributed by atoms with Crippen LogP contribution in [-0.4, -0.2) is 78.4 Å². The Bertz CT molecular complexity index is 1170. The van der Waals surface area contributed by atoms with Crippen LogP contribution < -0.4 is 20.9 Å². The van der Waals surface area contributed by atoms with E-state index in [-0.39, 0.29) is 42.3 Å². The Morgan fingerprint density at radius 2 is 1.63 bits per heavy atom. The summed E-state index contributed by atoms with van der Waals surface area (Å²) in [6.45, 7) is 7.06. The number of imide groups is 2. The number of rotatable bonds is 6. The van der Waals surface area contributed by atoms with E-state index in [0.29, 0.717) is 32.5 Å². The van der Waals surface area contributed by atoms with Gasteiger partial charge in [0, 0.05) is 44.2 Å². The van der Waals surface area contributed by atoms with Crippen molar-refractivity contribution >= 4 is 41.3 Å². The van der Waals surface area contributed by atoms with Gasteiger partial charge in [-0.05, 0) is 58.2 Å². The highest BCUT2D eigenvalue weighted by molar-refractivity contribution is 6.23. The van der Waals surface area contributed by atoms with Gasteiger partial charge in [-0.3, -0.25) is 34.2 Å². The molecule has 1 aromatic rings. The molecule has 0 saturated carbocycles. The van der Waals surface area contributed by atoms with E-state index in [9.17, 15) is 28.8 Å². The lowest BCUT2D eigenvalue weighted by molar-refractivity contribution is -0.136. The van der Waals surface area contributed by atoms with E-state index in [1.807, 2.05) is 0 Å². The second-order valence-electron chi connectivity index (χ2n) is 10.7. The fraction of sp³-hybridized carbons (Fsp3) is 0.538. The van der Waals surface area contributed by atoms with Gasteiger partial charge in [0.1, 0.15) is 11.6 Å². The number of hydrogen-bond donors (Lipinski definition) is 3. The summed E-state index contributed by atoms with van der Waals surface area (Å²) in [5.41, 5.74) is 0.637. The van der Waals surface area contributed by atoms with E-state index in [1.54, 1.807) is 39.0 Å². The van der Waals surface area contributed by atoms with Gasteiger partial charge in [-0.15, -0.1) is 0 Å². The van der Waals surface area contributed by atoms with Crippen LogP contribution in [0.2, 0.25) is 0 Å². The van der Waals surface area contributed by atoms with Gasteiger partial charge in [-0.25, -0.2) is 4.79 Å². The molecule has 1 aromatic carbocycles. The Balaban J connectivity index is 1.28. The molecule has 0 radical (unpaired) electrons. The molecule has 38 heavy (non-hydrogen) atoms. The molecule has 6 amide bonds. The minimum atomic E-state index is -1.00. The Morgan fingerprint density at radius 1 is 0.974 bits per heavy atom. The molecular weight excluding hydrogens is 494 g/mol. The number of anilines is 1. The van der Waals surface area contributed by atoms with E-state index in [4.69, 9.17) is 4.74 Å². The highest BCUT2D eigenvalue weighted by Crippen LogP contribution is 2.32. The quantitative estimate of drug-likeness (QED) is 0.365. The predicted molar refractivity (Wildman–Crippen MR) is 135 cm³/mol. The summed E-state index contributed by atoms with van der Waals surface area (Å²) in [6.07, 6.45) is 0.859. The monoisotopic (exact) mass is 527 g/mol. The lowest BCUT2D eigenvalue weighted by Gasteiger charge is -2.33. The molecule has 12 nitrogen and oxygen atoms in total. The maximum atomic E-state index is 13.1. The molecule has 0 aliphatic carbocycles. The number of carbonyl (C=O) groups excluding carboxylic acids is 6. The zero-order valence-corrected chi connectivity index (χ0v) is 21.8. The van der Waals surface area contributed by atoms with Crippen molar-refractivity contribution in [2.45, 2.75) is 58.1 Å².